The van der Waals surface area contributed by atoms with E-state index in [1.54, 1.807) is 0 Å². The Morgan fingerprint density at radius 2 is 1.92 bits per heavy atom. The molecule has 1 N–H and O–H groups in total. The summed E-state index contributed by atoms with van der Waals surface area (Å²) in [4.78, 5) is 9.43. The first-order valence-electron chi connectivity index (χ1n) is 9.33. The number of H-pyrrole nitrogens is 1. The Balaban J connectivity index is 1.23. The number of rotatable bonds is 5. The second kappa shape index (κ2) is 7.34. The van der Waals surface area contributed by atoms with E-state index in [2.05, 4.69) is 37.1 Å². The quantitative estimate of drug-likeness (QED) is 0.917. The number of nitrogens with one attached hydrogen (secondary N) is 1. The predicted molar refractivity (Wildman–Crippen MR) is 96.4 cm³/mol. The molecule has 1 saturated heterocycles. The fourth-order valence-electron chi connectivity index (χ4n) is 3.97. The number of anilines is 1. The highest BCUT2D eigenvalue weighted by molar-refractivity contribution is 5.38. The Labute approximate surface area is 144 Å². The third kappa shape index (κ3) is 3.46. The molecule has 0 aromatic carbocycles. The number of hydrogen-bond acceptors (Lipinski definition) is 4. The molecule has 1 fully saturated rings. The van der Waals surface area contributed by atoms with Crippen LogP contribution in [0, 0.1) is 0 Å². The van der Waals surface area contributed by atoms with Gasteiger partial charge in [-0.2, -0.15) is 5.10 Å². The second-order valence-corrected chi connectivity index (χ2v) is 6.95. The molecule has 0 unspecified atom stereocenters. The first kappa shape index (κ1) is 15.6. The van der Waals surface area contributed by atoms with E-state index in [-0.39, 0.29) is 0 Å². The standard InChI is InChI=1S/C19H27N5/c1-2-7-17-16(6-1)18(22-21-17)8-5-11-23-12-14-24(15-13-23)19-9-3-4-10-20-19/h3-4,9-10H,1-2,5-8,11-15H2,(H,21,22). The van der Waals surface area contributed by atoms with Gasteiger partial charge in [0.1, 0.15) is 5.82 Å². The lowest BCUT2D eigenvalue weighted by atomic mass is 9.95. The van der Waals surface area contributed by atoms with Crippen LogP contribution in [0.25, 0.3) is 0 Å². The van der Waals surface area contributed by atoms with Crippen molar-refractivity contribution < 1.29 is 0 Å². The SMILES string of the molecule is c1ccc(N2CCN(CCCc3n[nH]c4c3CCCC4)CC2)nc1. The monoisotopic (exact) mass is 325 g/mol. The summed E-state index contributed by atoms with van der Waals surface area (Å²) in [5, 5.41) is 7.83. The molecule has 5 nitrogen and oxygen atoms in total. The Morgan fingerprint density at radius 3 is 2.75 bits per heavy atom. The average Bonchev–Trinajstić information content (AvgIpc) is 3.06. The molecular formula is C19H27N5. The molecule has 4 rings (SSSR count). The van der Waals surface area contributed by atoms with E-state index in [4.69, 9.17) is 0 Å². The van der Waals surface area contributed by atoms with Crippen molar-refractivity contribution in [1.82, 2.24) is 20.1 Å². The molecule has 0 bridgehead atoms. The molecule has 5 heteroatoms. The van der Waals surface area contributed by atoms with E-state index < -0.39 is 0 Å². The number of hydrogen-bond donors (Lipinski definition) is 1. The fraction of sp³-hybridized carbons (Fsp3) is 0.579. The molecule has 0 spiro atoms. The molecular weight excluding hydrogens is 298 g/mol. The molecule has 0 saturated carbocycles. The molecule has 0 radical (unpaired) electrons. The summed E-state index contributed by atoms with van der Waals surface area (Å²) < 4.78 is 0. The van der Waals surface area contributed by atoms with Gasteiger partial charge in [-0.15, -0.1) is 0 Å². The molecule has 2 aromatic rings. The largest absolute Gasteiger partial charge is 0.354 e. The van der Waals surface area contributed by atoms with Crippen molar-refractivity contribution in [3.8, 4) is 0 Å². The summed E-state index contributed by atoms with van der Waals surface area (Å²) in [6.07, 6.45) is 9.27. The van der Waals surface area contributed by atoms with E-state index in [0.29, 0.717) is 0 Å². The molecule has 2 aliphatic rings. The Morgan fingerprint density at radius 1 is 1.04 bits per heavy atom. The predicted octanol–water partition coefficient (Wildman–Crippen LogP) is 2.44. The van der Waals surface area contributed by atoms with Gasteiger partial charge in [-0.25, -0.2) is 4.98 Å². The molecule has 0 atom stereocenters. The maximum Gasteiger partial charge on any atom is 0.128 e. The summed E-state index contributed by atoms with van der Waals surface area (Å²) in [6.45, 7) is 5.60. The van der Waals surface area contributed by atoms with E-state index in [0.717, 1.165) is 38.4 Å². The summed E-state index contributed by atoms with van der Waals surface area (Å²) >= 11 is 0. The summed E-state index contributed by atoms with van der Waals surface area (Å²) in [5.41, 5.74) is 4.26. The Hall–Kier alpha value is -1.88. The van der Waals surface area contributed by atoms with Gasteiger partial charge in [-0.1, -0.05) is 6.07 Å². The van der Waals surface area contributed by atoms with Gasteiger partial charge in [0.15, 0.2) is 0 Å². The summed E-state index contributed by atoms with van der Waals surface area (Å²) in [7, 11) is 0. The number of aryl methyl sites for hydroxylation is 2. The number of piperazine rings is 1. The minimum absolute atomic E-state index is 1.08. The highest BCUT2D eigenvalue weighted by Crippen LogP contribution is 2.23. The van der Waals surface area contributed by atoms with Crippen LogP contribution in [0.3, 0.4) is 0 Å². The number of pyridine rings is 1. The number of nitrogens with zero attached hydrogens (tertiary/aromatic N) is 4. The zero-order chi connectivity index (χ0) is 16.2. The first-order chi connectivity index (χ1) is 11.9. The van der Waals surface area contributed by atoms with Crippen molar-refractivity contribution in [2.75, 3.05) is 37.6 Å². The van der Waals surface area contributed by atoms with Crippen LogP contribution in [0.2, 0.25) is 0 Å². The van der Waals surface area contributed by atoms with Crippen LogP contribution in [0.1, 0.15) is 36.2 Å². The number of aromatic amines is 1. The topological polar surface area (TPSA) is 48.0 Å². The van der Waals surface area contributed by atoms with E-state index >= 15 is 0 Å². The second-order valence-electron chi connectivity index (χ2n) is 6.95. The minimum atomic E-state index is 1.08. The van der Waals surface area contributed by atoms with Crippen LogP contribution in [-0.4, -0.2) is 52.8 Å². The van der Waals surface area contributed by atoms with Crippen molar-refractivity contribution in [2.45, 2.75) is 38.5 Å². The van der Waals surface area contributed by atoms with E-state index in [1.807, 2.05) is 12.3 Å². The van der Waals surface area contributed by atoms with Crippen LogP contribution in [0.15, 0.2) is 24.4 Å². The maximum atomic E-state index is 4.57. The van der Waals surface area contributed by atoms with Crippen molar-refractivity contribution in [3.63, 3.8) is 0 Å². The molecule has 0 amide bonds. The molecule has 1 aliphatic heterocycles. The van der Waals surface area contributed by atoms with Gasteiger partial charge in [0.25, 0.3) is 0 Å². The third-order valence-electron chi connectivity index (χ3n) is 5.38. The van der Waals surface area contributed by atoms with Gasteiger partial charge in [-0.05, 0) is 62.8 Å². The third-order valence-corrected chi connectivity index (χ3v) is 5.38. The maximum absolute atomic E-state index is 4.57. The van der Waals surface area contributed by atoms with Gasteiger partial charge in [0, 0.05) is 38.1 Å². The summed E-state index contributed by atoms with van der Waals surface area (Å²) in [5.74, 6) is 1.11. The lowest BCUT2D eigenvalue weighted by molar-refractivity contribution is 0.254. The normalized spacial score (nSPS) is 18.6. The number of aromatic nitrogens is 3. The minimum Gasteiger partial charge on any atom is -0.354 e. The van der Waals surface area contributed by atoms with E-state index in [1.165, 1.54) is 55.6 Å². The van der Waals surface area contributed by atoms with Gasteiger partial charge >= 0.3 is 0 Å². The van der Waals surface area contributed by atoms with Crippen molar-refractivity contribution in [3.05, 3.63) is 41.3 Å². The van der Waals surface area contributed by atoms with Crippen molar-refractivity contribution in [1.29, 1.82) is 0 Å². The lowest BCUT2D eigenvalue weighted by Crippen LogP contribution is -2.47. The van der Waals surface area contributed by atoms with Crippen LogP contribution < -0.4 is 4.90 Å². The van der Waals surface area contributed by atoms with Gasteiger partial charge in [0.2, 0.25) is 0 Å². The molecule has 3 heterocycles. The zero-order valence-electron chi connectivity index (χ0n) is 14.4. The summed E-state index contributed by atoms with van der Waals surface area (Å²) in [6, 6.07) is 6.16. The highest BCUT2D eigenvalue weighted by Gasteiger charge is 2.19. The fourth-order valence-corrected chi connectivity index (χ4v) is 3.97. The first-order valence-corrected chi connectivity index (χ1v) is 9.33. The van der Waals surface area contributed by atoms with Gasteiger partial charge in [0.05, 0.1) is 5.69 Å². The van der Waals surface area contributed by atoms with Crippen LogP contribution >= 0.6 is 0 Å². The zero-order valence-corrected chi connectivity index (χ0v) is 14.4. The average molecular weight is 325 g/mol. The number of fused-ring (bicyclic) bond motifs is 1. The van der Waals surface area contributed by atoms with Crippen LogP contribution in [0.5, 0.6) is 0 Å². The molecule has 24 heavy (non-hydrogen) atoms. The van der Waals surface area contributed by atoms with Crippen LogP contribution in [-0.2, 0) is 19.3 Å². The lowest BCUT2D eigenvalue weighted by Gasteiger charge is -2.35. The highest BCUT2D eigenvalue weighted by atomic mass is 15.3. The smallest absolute Gasteiger partial charge is 0.128 e. The van der Waals surface area contributed by atoms with Crippen molar-refractivity contribution >= 4 is 5.82 Å². The van der Waals surface area contributed by atoms with Gasteiger partial charge < -0.3 is 4.90 Å². The molecule has 2 aromatic heterocycles. The van der Waals surface area contributed by atoms with Crippen molar-refractivity contribution in [2.24, 2.45) is 0 Å². The molecule has 1 aliphatic carbocycles. The van der Waals surface area contributed by atoms with Gasteiger partial charge in [-0.3, -0.25) is 10.00 Å². The Bertz CT molecular complexity index is 643. The molecule has 128 valence electrons. The Kier molecular flexibility index (Phi) is 4.78. The van der Waals surface area contributed by atoms with Crippen LogP contribution in [0.4, 0.5) is 5.82 Å². The van der Waals surface area contributed by atoms with E-state index in [9.17, 15) is 0 Å².